The fraction of sp³-hybridized carbons (Fsp3) is 0.643. The number of nitrogens with two attached hydrogens (primary N) is 1. The highest BCUT2D eigenvalue weighted by molar-refractivity contribution is 5.84. The van der Waals surface area contributed by atoms with Crippen molar-refractivity contribution >= 4 is 6.21 Å². The van der Waals surface area contributed by atoms with Crippen molar-refractivity contribution in [3.8, 4) is 0 Å². The van der Waals surface area contributed by atoms with E-state index in [1.165, 1.54) is 24.8 Å². The van der Waals surface area contributed by atoms with Crippen LogP contribution >= 0.6 is 0 Å². The van der Waals surface area contributed by atoms with Gasteiger partial charge in [-0.2, -0.15) is 0 Å². The van der Waals surface area contributed by atoms with E-state index < -0.39 is 0 Å². The second-order valence-electron chi connectivity index (χ2n) is 4.86. The largest absolute Gasteiger partial charge is 0.404 e. The molecule has 94 valence electrons. The molecular weight excluding hydrogens is 210 g/mol. The summed E-state index contributed by atoms with van der Waals surface area (Å²) in [4.78, 5) is 4.68. The summed E-state index contributed by atoms with van der Waals surface area (Å²) in [5, 5.41) is 3.36. The van der Waals surface area contributed by atoms with E-state index >= 15 is 0 Å². The van der Waals surface area contributed by atoms with Crippen molar-refractivity contribution in [2.24, 2.45) is 10.7 Å². The van der Waals surface area contributed by atoms with Gasteiger partial charge in [-0.05, 0) is 57.2 Å². The summed E-state index contributed by atoms with van der Waals surface area (Å²) < 4.78 is 0. The number of allylic oxidation sites excluding steroid dienone is 3. The Morgan fingerprint density at radius 1 is 1.35 bits per heavy atom. The van der Waals surface area contributed by atoms with E-state index in [2.05, 4.69) is 16.4 Å². The lowest BCUT2D eigenvalue weighted by Crippen LogP contribution is -2.29. The minimum Gasteiger partial charge on any atom is -0.404 e. The van der Waals surface area contributed by atoms with Gasteiger partial charge in [-0.25, -0.2) is 0 Å². The lowest BCUT2D eigenvalue weighted by molar-refractivity contribution is 0.461. The second-order valence-corrected chi connectivity index (χ2v) is 4.86. The van der Waals surface area contributed by atoms with Crippen LogP contribution in [-0.2, 0) is 0 Å². The van der Waals surface area contributed by atoms with Gasteiger partial charge in [0.2, 0.25) is 0 Å². The van der Waals surface area contributed by atoms with E-state index in [0.29, 0.717) is 6.04 Å². The number of nitrogens with one attached hydrogen (secondary N) is 1. The van der Waals surface area contributed by atoms with Crippen molar-refractivity contribution in [1.82, 2.24) is 5.32 Å². The molecule has 0 bridgehead atoms. The van der Waals surface area contributed by atoms with Gasteiger partial charge in [0.1, 0.15) is 0 Å². The maximum absolute atomic E-state index is 5.71. The standard InChI is InChI=1S/C14H23N3/c15-10-13(12-4-2-1-3-5-12)11-17-14-6-8-16-9-7-14/h4,10-11,14,16H,1-3,5-9,15H2. The first kappa shape index (κ1) is 12.4. The van der Waals surface area contributed by atoms with E-state index in [0.717, 1.165) is 37.9 Å². The molecule has 17 heavy (non-hydrogen) atoms. The van der Waals surface area contributed by atoms with Crippen LogP contribution in [-0.4, -0.2) is 25.3 Å². The van der Waals surface area contributed by atoms with Crippen LogP contribution in [0.3, 0.4) is 0 Å². The zero-order valence-corrected chi connectivity index (χ0v) is 10.5. The summed E-state index contributed by atoms with van der Waals surface area (Å²) in [6.07, 6.45) is 13.2. The number of hydrogen-bond acceptors (Lipinski definition) is 3. The van der Waals surface area contributed by atoms with Gasteiger partial charge in [-0.3, -0.25) is 4.99 Å². The second kappa shape index (κ2) is 6.60. The summed E-state index contributed by atoms with van der Waals surface area (Å²) in [5.74, 6) is 0. The molecule has 0 aromatic rings. The van der Waals surface area contributed by atoms with Crippen LogP contribution in [0.15, 0.2) is 28.4 Å². The number of aliphatic imine (C=N–C) groups is 1. The van der Waals surface area contributed by atoms with Crippen molar-refractivity contribution in [3.63, 3.8) is 0 Å². The van der Waals surface area contributed by atoms with Gasteiger partial charge in [0.25, 0.3) is 0 Å². The Kier molecular flexibility index (Phi) is 4.80. The molecule has 3 heteroatoms. The Bertz CT molecular complexity index is 322. The first-order chi connectivity index (χ1) is 8.40. The van der Waals surface area contributed by atoms with Crippen LogP contribution in [0.4, 0.5) is 0 Å². The highest BCUT2D eigenvalue weighted by Crippen LogP contribution is 2.22. The van der Waals surface area contributed by atoms with Crippen molar-refractivity contribution in [1.29, 1.82) is 0 Å². The molecule has 2 rings (SSSR count). The molecule has 0 spiro atoms. The number of rotatable bonds is 3. The third-order valence-corrected chi connectivity index (χ3v) is 3.57. The van der Waals surface area contributed by atoms with Gasteiger partial charge in [0.05, 0.1) is 6.04 Å². The Balaban J connectivity index is 1.94. The minimum absolute atomic E-state index is 0.482. The Morgan fingerprint density at radius 3 is 2.82 bits per heavy atom. The molecule has 3 nitrogen and oxygen atoms in total. The molecule has 0 radical (unpaired) electrons. The van der Waals surface area contributed by atoms with Gasteiger partial charge >= 0.3 is 0 Å². The third-order valence-electron chi connectivity index (χ3n) is 3.57. The van der Waals surface area contributed by atoms with E-state index in [1.54, 1.807) is 6.20 Å². The molecule has 1 saturated heterocycles. The Labute approximate surface area is 104 Å². The fourth-order valence-electron chi connectivity index (χ4n) is 2.47. The van der Waals surface area contributed by atoms with Crippen LogP contribution in [0.25, 0.3) is 0 Å². The first-order valence-corrected chi connectivity index (χ1v) is 6.75. The molecule has 1 aliphatic carbocycles. The molecule has 2 aliphatic rings. The molecule has 0 amide bonds. The highest BCUT2D eigenvalue weighted by atomic mass is 14.9. The lowest BCUT2D eigenvalue weighted by Gasteiger charge is -2.19. The Hall–Kier alpha value is -1.09. The molecular formula is C14H23N3. The molecule has 0 aromatic heterocycles. The molecule has 0 saturated carbocycles. The van der Waals surface area contributed by atoms with Crippen LogP contribution in [0, 0.1) is 0 Å². The van der Waals surface area contributed by atoms with Gasteiger partial charge < -0.3 is 11.1 Å². The normalized spacial score (nSPS) is 24.0. The molecule has 1 heterocycles. The summed E-state index contributed by atoms with van der Waals surface area (Å²) in [6.45, 7) is 2.18. The van der Waals surface area contributed by atoms with E-state index in [-0.39, 0.29) is 0 Å². The number of hydrogen-bond donors (Lipinski definition) is 2. The average Bonchev–Trinajstić information content (AvgIpc) is 2.42. The zero-order chi connectivity index (χ0) is 11.9. The van der Waals surface area contributed by atoms with Crippen molar-refractivity contribution < 1.29 is 0 Å². The van der Waals surface area contributed by atoms with Gasteiger partial charge in [0.15, 0.2) is 0 Å². The smallest absolute Gasteiger partial charge is 0.0524 e. The Morgan fingerprint density at radius 2 is 2.18 bits per heavy atom. The van der Waals surface area contributed by atoms with Gasteiger partial charge in [0, 0.05) is 18.0 Å². The molecule has 0 aromatic carbocycles. The highest BCUT2D eigenvalue weighted by Gasteiger charge is 2.11. The maximum atomic E-state index is 5.71. The van der Waals surface area contributed by atoms with E-state index in [9.17, 15) is 0 Å². The first-order valence-electron chi connectivity index (χ1n) is 6.75. The van der Waals surface area contributed by atoms with Crippen LogP contribution in [0.1, 0.15) is 38.5 Å². The summed E-state index contributed by atoms with van der Waals surface area (Å²) in [5.41, 5.74) is 8.23. The van der Waals surface area contributed by atoms with Crippen LogP contribution < -0.4 is 11.1 Å². The average molecular weight is 233 g/mol. The fourth-order valence-corrected chi connectivity index (χ4v) is 2.47. The third kappa shape index (κ3) is 3.70. The number of piperidine rings is 1. The minimum atomic E-state index is 0.482. The van der Waals surface area contributed by atoms with Crippen molar-refractivity contribution in [3.05, 3.63) is 23.4 Å². The lowest BCUT2D eigenvalue weighted by atomic mass is 9.94. The number of nitrogens with zero attached hydrogens (tertiary/aromatic N) is 1. The summed E-state index contributed by atoms with van der Waals surface area (Å²) in [7, 11) is 0. The quantitative estimate of drug-likeness (QED) is 0.734. The van der Waals surface area contributed by atoms with Gasteiger partial charge in [-0.15, -0.1) is 0 Å². The zero-order valence-electron chi connectivity index (χ0n) is 10.5. The molecule has 1 aliphatic heterocycles. The predicted molar refractivity (Wildman–Crippen MR) is 73.2 cm³/mol. The van der Waals surface area contributed by atoms with Crippen molar-refractivity contribution in [2.75, 3.05) is 13.1 Å². The van der Waals surface area contributed by atoms with Crippen LogP contribution in [0.5, 0.6) is 0 Å². The SMILES string of the molecule is NC=C(C=NC1CCNCC1)C1=CCCCC1. The predicted octanol–water partition coefficient (Wildman–Crippen LogP) is 2.15. The summed E-state index contributed by atoms with van der Waals surface area (Å²) >= 11 is 0. The van der Waals surface area contributed by atoms with E-state index in [1.807, 2.05) is 6.21 Å². The molecule has 1 fully saturated rings. The molecule has 0 atom stereocenters. The van der Waals surface area contributed by atoms with E-state index in [4.69, 9.17) is 5.73 Å². The topological polar surface area (TPSA) is 50.4 Å². The van der Waals surface area contributed by atoms with Gasteiger partial charge in [-0.1, -0.05) is 6.08 Å². The molecule has 0 unspecified atom stereocenters. The summed E-state index contributed by atoms with van der Waals surface area (Å²) in [6, 6.07) is 0.482. The van der Waals surface area contributed by atoms with Crippen molar-refractivity contribution in [2.45, 2.75) is 44.6 Å². The van der Waals surface area contributed by atoms with Crippen LogP contribution in [0.2, 0.25) is 0 Å². The maximum Gasteiger partial charge on any atom is 0.0524 e. The monoisotopic (exact) mass is 233 g/mol. The molecule has 3 N–H and O–H groups in total.